The molecule has 0 unspecified atom stereocenters. The molecule has 34 heavy (non-hydrogen) atoms. The zero-order valence-electron chi connectivity index (χ0n) is 19.1. The molecule has 2 heterocycles. The number of thioether (sulfide) groups is 1. The van der Waals surface area contributed by atoms with Crippen molar-refractivity contribution in [2.75, 3.05) is 12.0 Å². The summed E-state index contributed by atoms with van der Waals surface area (Å²) in [6.07, 6.45) is 1.90. The number of carboxylic acid groups (broad SMARTS) is 1. The maximum atomic E-state index is 12.7. The number of hydrogen-bond acceptors (Lipinski definition) is 6. The largest absolute Gasteiger partial charge is 0.480 e. The van der Waals surface area contributed by atoms with Gasteiger partial charge in [-0.05, 0) is 43.7 Å². The van der Waals surface area contributed by atoms with Crippen molar-refractivity contribution < 1.29 is 23.5 Å². The van der Waals surface area contributed by atoms with Crippen molar-refractivity contribution in [1.82, 2.24) is 5.32 Å². The number of hydrogen-bond donors (Lipinski definition) is 2. The number of carbonyl (C=O) groups excluding carboxylic acids is 1. The number of aliphatic carboxylic acids is 1. The van der Waals surface area contributed by atoms with E-state index in [4.69, 9.17) is 8.83 Å². The number of rotatable bonds is 8. The summed E-state index contributed by atoms with van der Waals surface area (Å²) >= 11 is 1.33. The second-order valence-electron chi connectivity index (χ2n) is 8.15. The minimum absolute atomic E-state index is 0.0163. The summed E-state index contributed by atoms with van der Waals surface area (Å²) in [5.74, 6) is -0.473. The average molecular weight is 480 g/mol. The van der Waals surface area contributed by atoms with Gasteiger partial charge in [0.1, 0.15) is 23.0 Å². The summed E-state index contributed by atoms with van der Waals surface area (Å²) in [7, 11) is 0. The highest BCUT2D eigenvalue weighted by Crippen LogP contribution is 2.37. The van der Waals surface area contributed by atoms with E-state index in [1.807, 2.05) is 50.2 Å². The van der Waals surface area contributed by atoms with Gasteiger partial charge >= 0.3 is 11.6 Å². The van der Waals surface area contributed by atoms with E-state index < -0.39 is 23.5 Å². The van der Waals surface area contributed by atoms with Crippen LogP contribution in [0.15, 0.2) is 56.1 Å². The molecule has 0 aliphatic heterocycles. The van der Waals surface area contributed by atoms with Crippen molar-refractivity contribution in [2.24, 2.45) is 0 Å². The number of amides is 1. The molecule has 7 nitrogen and oxygen atoms in total. The fourth-order valence-corrected chi connectivity index (χ4v) is 4.76. The van der Waals surface area contributed by atoms with Gasteiger partial charge in [0.2, 0.25) is 5.91 Å². The second kappa shape index (κ2) is 9.77. The number of fused-ring (bicyclic) bond motifs is 2. The molecule has 2 N–H and O–H groups in total. The van der Waals surface area contributed by atoms with Crippen LogP contribution in [0.5, 0.6) is 0 Å². The van der Waals surface area contributed by atoms with Crippen molar-refractivity contribution in [1.29, 1.82) is 0 Å². The van der Waals surface area contributed by atoms with E-state index in [0.29, 0.717) is 16.7 Å². The number of furan rings is 1. The summed E-state index contributed by atoms with van der Waals surface area (Å²) in [5.41, 5.74) is 3.69. The Hall–Kier alpha value is -3.52. The molecule has 1 amide bonds. The first kappa shape index (κ1) is 23.6. The molecule has 4 rings (SSSR count). The van der Waals surface area contributed by atoms with Crippen molar-refractivity contribution in [3.05, 3.63) is 69.8 Å². The molecule has 0 spiro atoms. The topological polar surface area (TPSA) is 110 Å². The molecule has 2 aromatic carbocycles. The molecule has 0 bridgehead atoms. The molecule has 0 saturated carbocycles. The monoisotopic (exact) mass is 479 g/mol. The van der Waals surface area contributed by atoms with Gasteiger partial charge in [0.25, 0.3) is 0 Å². The van der Waals surface area contributed by atoms with Gasteiger partial charge in [0, 0.05) is 40.1 Å². The third kappa shape index (κ3) is 4.59. The quantitative estimate of drug-likeness (QED) is 0.353. The lowest BCUT2D eigenvalue weighted by Crippen LogP contribution is -2.42. The van der Waals surface area contributed by atoms with Crippen molar-refractivity contribution in [2.45, 2.75) is 32.7 Å². The number of carboxylic acids is 1. The van der Waals surface area contributed by atoms with Gasteiger partial charge in [0.15, 0.2) is 0 Å². The highest BCUT2D eigenvalue weighted by atomic mass is 32.2. The summed E-state index contributed by atoms with van der Waals surface area (Å²) in [4.78, 5) is 36.3. The zero-order chi connectivity index (χ0) is 24.4. The average Bonchev–Trinajstić information content (AvgIpc) is 3.12. The van der Waals surface area contributed by atoms with Crippen LogP contribution in [0.4, 0.5) is 0 Å². The van der Waals surface area contributed by atoms with Crippen LogP contribution in [0.1, 0.15) is 23.3 Å². The molecule has 0 saturated heterocycles. The van der Waals surface area contributed by atoms with Gasteiger partial charge in [-0.2, -0.15) is 11.8 Å². The van der Waals surface area contributed by atoms with Crippen LogP contribution in [0.25, 0.3) is 33.1 Å². The van der Waals surface area contributed by atoms with E-state index in [0.717, 1.165) is 33.2 Å². The fourth-order valence-electron chi connectivity index (χ4n) is 4.20. The van der Waals surface area contributed by atoms with Gasteiger partial charge < -0.3 is 19.3 Å². The predicted molar refractivity (Wildman–Crippen MR) is 133 cm³/mol. The van der Waals surface area contributed by atoms with E-state index in [1.165, 1.54) is 11.8 Å². The Bertz CT molecular complexity index is 1440. The molecule has 0 aliphatic carbocycles. The van der Waals surface area contributed by atoms with Gasteiger partial charge in [-0.1, -0.05) is 30.3 Å². The lowest BCUT2D eigenvalue weighted by molar-refractivity contribution is -0.141. The van der Waals surface area contributed by atoms with Crippen molar-refractivity contribution in [3.63, 3.8) is 0 Å². The maximum absolute atomic E-state index is 12.7. The Balaban J connectivity index is 1.69. The fraction of sp³-hybridized carbons (Fsp3) is 0.269. The third-order valence-electron chi connectivity index (χ3n) is 5.90. The standard InChI is InChI=1S/C26H25NO6S/c1-14-17(9-10-23(28)27-20(13-34-3)25(29)30)26(31)33-21-12-22-19(11-18(14)21)24(15(2)32-22)16-7-5-4-6-8-16/h4-8,11-12,20H,9-10,13H2,1-3H3,(H,27,28)(H,29,30)/t20-/m0/s1. The van der Waals surface area contributed by atoms with E-state index in [2.05, 4.69) is 5.32 Å². The molecule has 8 heteroatoms. The minimum atomic E-state index is -1.09. The normalized spacial score (nSPS) is 12.2. The Kier molecular flexibility index (Phi) is 6.79. The van der Waals surface area contributed by atoms with E-state index in [9.17, 15) is 19.5 Å². The number of aryl methyl sites for hydroxylation is 2. The Labute approximate surface area is 200 Å². The van der Waals surface area contributed by atoms with Crippen LogP contribution in [0, 0.1) is 13.8 Å². The summed E-state index contributed by atoms with van der Waals surface area (Å²) in [5, 5.41) is 13.4. The predicted octanol–water partition coefficient (Wildman–Crippen LogP) is 4.69. The first-order valence-electron chi connectivity index (χ1n) is 10.9. The number of carbonyl (C=O) groups is 2. The Morgan fingerprint density at radius 1 is 1.06 bits per heavy atom. The Morgan fingerprint density at radius 3 is 2.44 bits per heavy atom. The highest BCUT2D eigenvalue weighted by molar-refractivity contribution is 7.98. The lowest BCUT2D eigenvalue weighted by Gasteiger charge is -2.13. The van der Waals surface area contributed by atoms with Crippen LogP contribution in [0.3, 0.4) is 0 Å². The molecule has 1 atom stereocenters. The first-order chi connectivity index (χ1) is 16.3. The molecular weight excluding hydrogens is 454 g/mol. The zero-order valence-corrected chi connectivity index (χ0v) is 20.0. The third-order valence-corrected chi connectivity index (χ3v) is 6.57. The smallest absolute Gasteiger partial charge is 0.339 e. The van der Waals surface area contributed by atoms with Gasteiger partial charge in [-0.25, -0.2) is 9.59 Å². The molecule has 0 radical (unpaired) electrons. The molecule has 0 aliphatic rings. The summed E-state index contributed by atoms with van der Waals surface area (Å²) in [6.45, 7) is 3.74. The van der Waals surface area contributed by atoms with Crippen LogP contribution in [-0.4, -0.2) is 35.0 Å². The van der Waals surface area contributed by atoms with E-state index in [-0.39, 0.29) is 18.6 Å². The summed E-state index contributed by atoms with van der Waals surface area (Å²) < 4.78 is 11.5. The number of nitrogens with one attached hydrogen (secondary N) is 1. The maximum Gasteiger partial charge on any atom is 0.339 e. The minimum Gasteiger partial charge on any atom is -0.480 e. The second-order valence-corrected chi connectivity index (χ2v) is 9.06. The van der Waals surface area contributed by atoms with Crippen LogP contribution < -0.4 is 10.9 Å². The molecule has 0 fully saturated rings. The molecule has 2 aromatic heterocycles. The van der Waals surface area contributed by atoms with Crippen LogP contribution >= 0.6 is 11.8 Å². The Morgan fingerprint density at radius 2 is 1.76 bits per heavy atom. The van der Waals surface area contributed by atoms with Crippen LogP contribution in [-0.2, 0) is 16.0 Å². The van der Waals surface area contributed by atoms with Gasteiger partial charge in [-0.3, -0.25) is 4.79 Å². The van der Waals surface area contributed by atoms with Gasteiger partial charge in [0.05, 0.1) is 0 Å². The lowest BCUT2D eigenvalue weighted by atomic mass is 9.98. The van der Waals surface area contributed by atoms with Crippen LogP contribution in [0.2, 0.25) is 0 Å². The number of benzene rings is 2. The van der Waals surface area contributed by atoms with E-state index >= 15 is 0 Å². The molecular formula is C26H25NO6S. The van der Waals surface area contributed by atoms with Crippen molar-refractivity contribution in [3.8, 4) is 11.1 Å². The summed E-state index contributed by atoms with van der Waals surface area (Å²) in [6, 6.07) is 12.7. The van der Waals surface area contributed by atoms with E-state index in [1.54, 1.807) is 12.3 Å². The SMILES string of the molecule is CSC[C@H](NC(=O)CCc1c(C)c2cc3c(-c4ccccc4)c(C)oc3cc2oc1=O)C(=O)O. The first-order valence-corrected chi connectivity index (χ1v) is 12.3. The molecule has 4 aromatic rings. The molecule has 176 valence electrons. The highest BCUT2D eigenvalue weighted by Gasteiger charge is 2.21. The van der Waals surface area contributed by atoms with Crippen molar-refractivity contribution >= 4 is 45.6 Å². The van der Waals surface area contributed by atoms with Gasteiger partial charge in [-0.15, -0.1) is 0 Å².